The Morgan fingerprint density at radius 3 is 2.33 bits per heavy atom. The zero-order valence-corrected chi connectivity index (χ0v) is 27.7. The summed E-state index contributed by atoms with van der Waals surface area (Å²) in [6, 6.07) is 7.35. The van der Waals surface area contributed by atoms with Gasteiger partial charge in [0.1, 0.15) is 24.2 Å². The van der Waals surface area contributed by atoms with E-state index in [1.165, 1.54) is 4.90 Å². The molecule has 0 radical (unpaired) electrons. The first-order chi connectivity index (χ1) is 23.2. The number of nitrogens with zero attached hydrogens (tertiary/aromatic N) is 1. The standard InChI is InChI=1S/C32H43N7O9S/c1-2-49(47,48)38-24(14-15-27(40)41)31(45)39-17-6-5-11-26(39)30(44)37-25(19-20-12-13-21-8-3-4-9-22(21)18-20)29(43)36-23(28(33)42)10-7-16-35-32(34)46/h2-4,8-9,12-13,18,23-26,38H,1,5-7,10-11,14-17,19H2,(H2,33,42)(H,36,43)(H,37,44)(H,40,41)(H3,34,35,46)/t23?,24?,25?,26-/m0/s1. The summed E-state index contributed by atoms with van der Waals surface area (Å²) < 4.78 is 26.7. The van der Waals surface area contributed by atoms with E-state index >= 15 is 0 Å². The third-order valence-electron chi connectivity index (χ3n) is 8.07. The molecule has 1 heterocycles. The van der Waals surface area contributed by atoms with Crippen molar-refractivity contribution in [3.63, 3.8) is 0 Å². The molecule has 1 aliphatic heterocycles. The Morgan fingerprint density at radius 1 is 0.959 bits per heavy atom. The van der Waals surface area contributed by atoms with E-state index in [0.717, 1.165) is 10.8 Å². The van der Waals surface area contributed by atoms with Gasteiger partial charge < -0.3 is 37.4 Å². The van der Waals surface area contributed by atoms with E-state index in [-0.39, 0.29) is 45.2 Å². The van der Waals surface area contributed by atoms with Crippen molar-refractivity contribution < 1.29 is 42.3 Å². The van der Waals surface area contributed by atoms with Crippen LogP contribution in [0.5, 0.6) is 0 Å². The van der Waals surface area contributed by atoms with E-state index in [1.807, 2.05) is 36.4 Å². The van der Waals surface area contributed by atoms with Crippen molar-refractivity contribution in [3.05, 3.63) is 60.0 Å². The van der Waals surface area contributed by atoms with Gasteiger partial charge in [-0.05, 0) is 54.9 Å². The number of likely N-dealkylation sites (tertiary alicyclic amines) is 1. The zero-order valence-electron chi connectivity index (χ0n) is 26.9. The van der Waals surface area contributed by atoms with Crippen molar-refractivity contribution in [2.75, 3.05) is 13.1 Å². The Hall–Kier alpha value is -5.03. The second kappa shape index (κ2) is 17.9. The van der Waals surface area contributed by atoms with Crippen molar-refractivity contribution in [1.82, 2.24) is 25.6 Å². The third kappa shape index (κ3) is 11.9. The fraction of sp³-hybridized carbons (Fsp3) is 0.438. The fourth-order valence-electron chi connectivity index (χ4n) is 5.57. The van der Waals surface area contributed by atoms with Crippen LogP contribution in [0, 0.1) is 0 Å². The van der Waals surface area contributed by atoms with E-state index in [2.05, 4.69) is 27.3 Å². The lowest BCUT2D eigenvalue weighted by atomic mass is 9.97. The van der Waals surface area contributed by atoms with Crippen molar-refractivity contribution in [1.29, 1.82) is 0 Å². The van der Waals surface area contributed by atoms with E-state index in [1.54, 1.807) is 6.07 Å². The van der Waals surface area contributed by atoms with Gasteiger partial charge in [0.05, 0.1) is 0 Å². The number of rotatable bonds is 18. The van der Waals surface area contributed by atoms with Crippen LogP contribution in [0.25, 0.3) is 10.8 Å². The first kappa shape index (κ1) is 38.4. The van der Waals surface area contributed by atoms with E-state index in [4.69, 9.17) is 11.5 Å². The number of carbonyl (C=O) groups excluding carboxylic acids is 5. The largest absolute Gasteiger partial charge is 0.481 e. The number of carbonyl (C=O) groups is 6. The molecule has 4 atom stereocenters. The van der Waals surface area contributed by atoms with E-state index in [9.17, 15) is 42.3 Å². The summed E-state index contributed by atoms with van der Waals surface area (Å²) in [5.41, 5.74) is 11.3. The SMILES string of the molecule is C=CS(=O)(=O)NC(CCC(=O)O)C(=O)N1CCCC[C@H]1C(=O)NC(Cc1ccc2ccccc2c1)C(=O)NC(CCCNC(N)=O)C(N)=O. The van der Waals surface area contributed by atoms with Crippen LogP contribution < -0.4 is 32.1 Å². The molecule has 0 saturated carbocycles. The number of hydrogen-bond donors (Lipinski definition) is 7. The fourth-order valence-corrected chi connectivity index (χ4v) is 6.28. The van der Waals surface area contributed by atoms with Gasteiger partial charge in [0.15, 0.2) is 0 Å². The van der Waals surface area contributed by atoms with Crippen molar-refractivity contribution >= 4 is 56.4 Å². The number of nitrogens with two attached hydrogens (primary N) is 2. The number of benzene rings is 2. The van der Waals surface area contributed by atoms with Gasteiger partial charge in [-0.2, -0.15) is 4.72 Å². The van der Waals surface area contributed by atoms with Gasteiger partial charge in [0.25, 0.3) is 0 Å². The molecule has 1 saturated heterocycles. The number of amides is 6. The van der Waals surface area contributed by atoms with Crippen molar-refractivity contribution in [3.8, 4) is 0 Å². The molecule has 2 aromatic carbocycles. The Labute approximate surface area is 284 Å². The van der Waals surface area contributed by atoms with Crippen LogP contribution in [0.4, 0.5) is 4.79 Å². The predicted molar refractivity (Wildman–Crippen MR) is 180 cm³/mol. The van der Waals surface area contributed by atoms with Gasteiger partial charge in [-0.3, -0.25) is 24.0 Å². The quantitative estimate of drug-likeness (QED) is 0.103. The lowest BCUT2D eigenvalue weighted by Gasteiger charge is -2.37. The minimum Gasteiger partial charge on any atom is -0.481 e. The van der Waals surface area contributed by atoms with Crippen LogP contribution in [0.3, 0.4) is 0 Å². The number of aliphatic carboxylic acids is 1. The highest BCUT2D eigenvalue weighted by Crippen LogP contribution is 2.21. The van der Waals surface area contributed by atoms with Crippen LogP contribution in [0.15, 0.2) is 54.5 Å². The van der Waals surface area contributed by atoms with Gasteiger partial charge in [0.2, 0.25) is 33.7 Å². The lowest BCUT2D eigenvalue weighted by molar-refractivity contribution is -0.145. The average Bonchev–Trinajstić information content (AvgIpc) is 3.06. The molecular formula is C32H43N7O9S. The van der Waals surface area contributed by atoms with E-state index in [0.29, 0.717) is 23.8 Å². The van der Waals surface area contributed by atoms with Gasteiger partial charge >= 0.3 is 12.0 Å². The first-order valence-electron chi connectivity index (χ1n) is 15.8. The first-order valence-corrected chi connectivity index (χ1v) is 17.3. The van der Waals surface area contributed by atoms with Crippen LogP contribution in [0.1, 0.15) is 50.5 Å². The molecule has 9 N–H and O–H groups in total. The Kier molecular flexibility index (Phi) is 14.1. The number of primary amides is 2. The maximum atomic E-state index is 13.9. The number of hydrogen-bond acceptors (Lipinski definition) is 8. The smallest absolute Gasteiger partial charge is 0.312 e. The number of piperidine rings is 1. The molecule has 1 fully saturated rings. The second-order valence-corrected chi connectivity index (χ2v) is 13.4. The number of nitrogens with one attached hydrogen (secondary N) is 4. The molecule has 0 aliphatic carbocycles. The minimum atomic E-state index is -4.14. The summed E-state index contributed by atoms with van der Waals surface area (Å²) in [6.45, 7) is 3.43. The number of carboxylic acid groups (broad SMARTS) is 1. The maximum absolute atomic E-state index is 13.9. The Morgan fingerprint density at radius 2 is 1.67 bits per heavy atom. The summed E-state index contributed by atoms with van der Waals surface area (Å²) in [7, 11) is -4.14. The predicted octanol–water partition coefficient (Wildman–Crippen LogP) is -0.0369. The van der Waals surface area contributed by atoms with Crippen LogP contribution >= 0.6 is 0 Å². The molecule has 6 amide bonds. The van der Waals surface area contributed by atoms with Gasteiger partial charge in [-0.1, -0.05) is 49.0 Å². The van der Waals surface area contributed by atoms with Crippen LogP contribution in [-0.2, 0) is 40.4 Å². The molecule has 0 aromatic heterocycles. The molecule has 49 heavy (non-hydrogen) atoms. The highest BCUT2D eigenvalue weighted by atomic mass is 32.2. The normalized spacial score (nSPS) is 16.5. The van der Waals surface area contributed by atoms with E-state index < -0.39 is 76.2 Å². The number of sulfonamides is 1. The summed E-state index contributed by atoms with van der Waals surface area (Å²) in [5, 5.41) is 19.3. The summed E-state index contributed by atoms with van der Waals surface area (Å²) in [5.74, 6) is -4.29. The third-order valence-corrected chi connectivity index (χ3v) is 9.13. The topological polar surface area (TPSA) is 260 Å². The molecule has 16 nitrogen and oxygen atoms in total. The molecule has 0 bridgehead atoms. The van der Waals surface area contributed by atoms with Gasteiger partial charge in [-0.15, -0.1) is 0 Å². The molecular weight excluding hydrogens is 658 g/mol. The van der Waals surface area contributed by atoms with Crippen molar-refractivity contribution in [2.45, 2.75) is 75.5 Å². The molecule has 0 spiro atoms. The zero-order chi connectivity index (χ0) is 36.1. The molecule has 266 valence electrons. The number of fused-ring (bicyclic) bond motifs is 1. The highest BCUT2D eigenvalue weighted by molar-refractivity contribution is 7.92. The maximum Gasteiger partial charge on any atom is 0.312 e. The monoisotopic (exact) mass is 701 g/mol. The highest BCUT2D eigenvalue weighted by Gasteiger charge is 2.38. The molecule has 2 aromatic rings. The van der Waals surface area contributed by atoms with Gasteiger partial charge in [-0.25, -0.2) is 13.2 Å². The Balaban J connectivity index is 1.88. The van der Waals surface area contributed by atoms with Gasteiger partial charge in [0, 0.05) is 31.3 Å². The van der Waals surface area contributed by atoms with Crippen molar-refractivity contribution in [2.24, 2.45) is 11.5 Å². The molecule has 1 aliphatic rings. The van der Waals surface area contributed by atoms with Crippen LogP contribution in [0.2, 0.25) is 0 Å². The average molecular weight is 702 g/mol. The minimum absolute atomic E-state index is 0.00183. The Bertz CT molecular complexity index is 1670. The molecule has 3 rings (SSSR count). The number of urea groups is 1. The molecule has 3 unspecified atom stereocenters. The summed E-state index contributed by atoms with van der Waals surface area (Å²) >= 11 is 0. The summed E-state index contributed by atoms with van der Waals surface area (Å²) in [4.78, 5) is 76.9. The number of carboxylic acids is 1. The summed E-state index contributed by atoms with van der Waals surface area (Å²) in [6.07, 6.45) is 0.678. The molecule has 17 heteroatoms. The second-order valence-electron chi connectivity index (χ2n) is 11.7. The lowest BCUT2D eigenvalue weighted by Crippen LogP contribution is -2.60. The van der Waals surface area contributed by atoms with Crippen LogP contribution in [-0.4, -0.2) is 91.3 Å².